The molecule has 0 spiro atoms. The van der Waals surface area contributed by atoms with Crippen molar-refractivity contribution >= 4 is 11.9 Å². The van der Waals surface area contributed by atoms with E-state index in [2.05, 4.69) is 0 Å². The third kappa shape index (κ3) is 0.792. The van der Waals surface area contributed by atoms with Crippen molar-refractivity contribution in [1.82, 2.24) is 0 Å². The van der Waals surface area contributed by atoms with Gasteiger partial charge in [0.05, 0.1) is 13.0 Å². The Hall–Kier alpha value is -1.06. The van der Waals surface area contributed by atoms with Gasteiger partial charge in [0.1, 0.15) is 0 Å². The lowest BCUT2D eigenvalue weighted by atomic mass is 9.75. The minimum Gasteiger partial charge on any atom is -0.466 e. The summed E-state index contributed by atoms with van der Waals surface area (Å²) >= 11 is 0. The van der Waals surface area contributed by atoms with E-state index in [1.54, 1.807) is 0 Å². The quantitative estimate of drug-likeness (QED) is 0.587. The third-order valence-electron chi connectivity index (χ3n) is 3.77. The maximum absolute atomic E-state index is 11.7. The highest BCUT2D eigenvalue weighted by Gasteiger charge is 2.70. The molecule has 0 aromatic rings. The summed E-state index contributed by atoms with van der Waals surface area (Å²) in [6, 6.07) is 0. The van der Waals surface area contributed by atoms with Crippen LogP contribution in [0.3, 0.4) is 0 Å². The SMILES string of the molecule is COC(=O)[C@]12CC[C@H](C(=O)O1)C2(C)C. The van der Waals surface area contributed by atoms with Crippen LogP contribution in [0, 0.1) is 11.3 Å². The minimum atomic E-state index is -1.02. The van der Waals surface area contributed by atoms with Crippen LogP contribution in [0.4, 0.5) is 0 Å². The first-order valence-electron chi connectivity index (χ1n) is 4.77. The maximum atomic E-state index is 11.7. The Labute approximate surface area is 82.6 Å². The number of esters is 2. The molecule has 0 aromatic carbocycles. The van der Waals surface area contributed by atoms with E-state index in [0.29, 0.717) is 6.42 Å². The molecule has 0 N–H and O–H groups in total. The fourth-order valence-corrected chi connectivity index (χ4v) is 2.72. The molecule has 2 atom stereocenters. The predicted octanol–water partition coefficient (Wildman–Crippen LogP) is 0.891. The molecule has 0 radical (unpaired) electrons. The highest BCUT2D eigenvalue weighted by atomic mass is 16.6. The van der Waals surface area contributed by atoms with Crippen molar-refractivity contribution in [2.24, 2.45) is 11.3 Å². The highest BCUT2D eigenvalue weighted by Crippen LogP contribution is 2.58. The summed E-state index contributed by atoms with van der Waals surface area (Å²) in [6.45, 7) is 3.79. The van der Waals surface area contributed by atoms with Crippen molar-refractivity contribution in [1.29, 1.82) is 0 Å². The lowest BCUT2D eigenvalue weighted by molar-refractivity contribution is -0.180. The van der Waals surface area contributed by atoms with Crippen LogP contribution in [-0.4, -0.2) is 24.6 Å². The molecule has 1 saturated carbocycles. The van der Waals surface area contributed by atoms with E-state index in [9.17, 15) is 9.59 Å². The first kappa shape index (κ1) is 9.49. The van der Waals surface area contributed by atoms with E-state index in [1.807, 2.05) is 13.8 Å². The molecule has 2 fully saturated rings. The summed E-state index contributed by atoms with van der Waals surface area (Å²) < 4.78 is 9.93. The smallest absolute Gasteiger partial charge is 0.350 e. The summed E-state index contributed by atoms with van der Waals surface area (Å²) in [7, 11) is 1.33. The largest absolute Gasteiger partial charge is 0.466 e. The molecule has 14 heavy (non-hydrogen) atoms. The number of rotatable bonds is 1. The van der Waals surface area contributed by atoms with Gasteiger partial charge < -0.3 is 9.47 Å². The lowest BCUT2D eigenvalue weighted by Crippen LogP contribution is -2.47. The Morgan fingerprint density at radius 2 is 2.21 bits per heavy atom. The van der Waals surface area contributed by atoms with Crippen LogP contribution in [0.15, 0.2) is 0 Å². The lowest BCUT2D eigenvalue weighted by Gasteiger charge is -2.31. The number of carbonyl (C=O) groups is 2. The average Bonchev–Trinajstić information content (AvgIpc) is 2.49. The highest BCUT2D eigenvalue weighted by molar-refractivity contribution is 5.91. The van der Waals surface area contributed by atoms with Gasteiger partial charge in [0.15, 0.2) is 0 Å². The van der Waals surface area contributed by atoms with Gasteiger partial charge in [-0.25, -0.2) is 4.79 Å². The maximum Gasteiger partial charge on any atom is 0.350 e. The van der Waals surface area contributed by atoms with Crippen molar-refractivity contribution in [3.8, 4) is 0 Å². The van der Waals surface area contributed by atoms with Gasteiger partial charge in [-0.1, -0.05) is 13.8 Å². The summed E-state index contributed by atoms with van der Waals surface area (Å²) in [5.41, 5.74) is -1.46. The fraction of sp³-hybridized carbons (Fsp3) is 0.800. The van der Waals surface area contributed by atoms with Crippen LogP contribution in [0.25, 0.3) is 0 Å². The second-order valence-electron chi connectivity index (χ2n) is 4.55. The van der Waals surface area contributed by atoms with Crippen LogP contribution in [0.2, 0.25) is 0 Å². The zero-order valence-electron chi connectivity index (χ0n) is 8.62. The van der Waals surface area contributed by atoms with Crippen LogP contribution in [0.5, 0.6) is 0 Å². The van der Waals surface area contributed by atoms with E-state index < -0.39 is 17.0 Å². The van der Waals surface area contributed by atoms with Crippen molar-refractivity contribution in [2.75, 3.05) is 7.11 Å². The van der Waals surface area contributed by atoms with Gasteiger partial charge in [-0.05, 0) is 12.8 Å². The molecule has 1 aliphatic carbocycles. The zero-order chi connectivity index (χ0) is 10.6. The molecule has 78 valence electrons. The van der Waals surface area contributed by atoms with Gasteiger partial charge in [-0.3, -0.25) is 4.79 Å². The molecule has 0 aromatic heterocycles. The second kappa shape index (κ2) is 2.49. The van der Waals surface area contributed by atoms with Crippen molar-refractivity contribution in [3.05, 3.63) is 0 Å². The van der Waals surface area contributed by atoms with Gasteiger partial charge in [0.25, 0.3) is 0 Å². The monoisotopic (exact) mass is 198 g/mol. The summed E-state index contributed by atoms with van der Waals surface area (Å²) in [4.78, 5) is 23.1. The molecule has 1 aliphatic heterocycles. The number of fused-ring (bicyclic) bond motifs is 2. The summed E-state index contributed by atoms with van der Waals surface area (Å²) in [6.07, 6.45) is 1.31. The van der Waals surface area contributed by atoms with E-state index in [4.69, 9.17) is 9.47 Å². The Morgan fingerprint density at radius 3 is 2.57 bits per heavy atom. The molecule has 4 heteroatoms. The number of hydrogen-bond donors (Lipinski definition) is 0. The normalized spacial score (nSPS) is 38.2. The standard InChI is InChI=1S/C10H14O4/c1-9(2)6-4-5-10(9,8(12)13-3)14-7(6)11/h6H,4-5H2,1-3H3/t6-,10+/m1/s1. The van der Waals surface area contributed by atoms with Crippen molar-refractivity contribution < 1.29 is 19.1 Å². The van der Waals surface area contributed by atoms with Crippen LogP contribution in [-0.2, 0) is 19.1 Å². The molecule has 4 nitrogen and oxygen atoms in total. The molecular weight excluding hydrogens is 184 g/mol. The van der Waals surface area contributed by atoms with Gasteiger partial charge in [0.2, 0.25) is 5.60 Å². The van der Waals surface area contributed by atoms with Crippen molar-refractivity contribution in [3.63, 3.8) is 0 Å². The number of ether oxygens (including phenoxy) is 2. The van der Waals surface area contributed by atoms with Gasteiger partial charge in [-0.2, -0.15) is 0 Å². The Morgan fingerprint density at radius 1 is 1.57 bits per heavy atom. The third-order valence-corrected chi connectivity index (χ3v) is 3.77. The number of methoxy groups -OCH3 is 1. The Bertz CT molecular complexity index is 307. The first-order chi connectivity index (χ1) is 6.45. The van der Waals surface area contributed by atoms with Crippen LogP contribution < -0.4 is 0 Å². The average molecular weight is 198 g/mol. The molecular formula is C10H14O4. The topological polar surface area (TPSA) is 52.6 Å². The summed E-state index contributed by atoms with van der Waals surface area (Å²) in [5.74, 6) is -0.830. The van der Waals surface area contributed by atoms with Gasteiger partial charge >= 0.3 is 11.9 Å². The van der Waals surface area contributed by atoms with Crippen LogP contribution in [0.1, 0.15) is 26.7 Å². The van der Waals surface area contributed by atoms with Crippen molar-refractivity contribution in [2.45, 2.75) is 32.3 Å². The molecule has 0 amide bonds. The minimum absolute atomic E-state index is 0.151. The molecule has 1 saturated heterocycles. The molecule has 1 heterocycles. The molecule has 0 unspecified atom stereocenters. The fourth-order valence-electron chi connectivity index (χ4n) is 2.72. The summed E-state index contributed by atoms with van der Waals surface area (Å²) in [5, 5.41) is 0. The second-order valence-corrected chi connectivity index (χ2v) is 4.55. The first-order valence-corrected chi connectivity index (χ1v) is 4.77. The van der Waals surface area contributed by atoms with Crippen LogP contribution >= 0.6 is 0 Å². The number of carbonyl (C=O) groups excluding carboxylic acids is 2. The van der Waals surface area contributed by atoms with E-state index >= 15 is 0 Å². The Balaban J connectivity index is 2.45. The van der Waals surface area contributed by atoms with E-state index in [-0.39, 0.29) is 11.9 Å². The van der Waals surface area contributed by atoms with Gasteiger partial charge in [-0.15, -0.1) is 0 Å². The molecule has 2 aliphatic rings. The number of hydrogen-bond acceptors (Lipinski definition) is 4. The Kier molecular flexibility index (Phi) is 1.69. The molecule has 2 bridgehead atoms. The predicted molar refractivity (Wildman–Crippen MR) is 47.3 cm³/mol. The van der Waals surface area contributed by atoms with Gasteiger partial charge in [0, 0.05) is 5.41 Å². The zero-order valence-corrected chi connectivity index (χ0v) is 8.62. The molecule has 2 rings (SSSR count). The van der Waals surface area contributed by atoms with E-state index in [0.717, 1.165) is 6.42 Å². The van der Waals surface area contributed by atoms with E-state index in [1.165, 1.54) is 7.11 Å².